The summed E-state index contributed by atoms with van der Waals surface area (Å²) in [5.74, 6) is -1.16. The van der Waals surface area contributed by atoms with Crippen molar-refractivity contribution in [3.8, 4) is 0 Å². The molecule has 5 heteroatoms. The van der Waals surface area contributed by atoms with Gasteiger partial charge in [0.2, 0.25) is 0 Å². The molecule has 1 aromatic rings. The van der Waals surface area contributed by atoms with E-state index in [0.29, 0.717) is 0 Å². The third-order valence-electron chi connectivity index (χ3n) is 1.58. The maximum absolute atomic E-state index is 13.2. The molecule has 0 saturated heterocycles. The van der Waals surface area contributed by atoms with Crippen molar-refractivity contribution in [2.75, 3.05) is 12.4 Å². The SMILES string of the molecule is OCCSc1c(F)cc(CO)cc1F. The number of rotatable bonds is 4. The Kier molecular flexibility index (Phi) is 4.31. The summed E-state index contributed by atoms with van der Waals surface area (Å²) in [6.45, 7) is -0.524. The number of hydrogen-bond donors (Lipinski definition) is 2. The Bertz CT molecular complexity index is 295. The van der Waals surface area contributed by atoms with Crippen LogP contribution in [0, 0.1) is 11.6 Å². The highest BCUT2D eigenvalue weighted by molar-refractivity contribution is 7.99. The molecule has 0 radical (unpaired) electrons. The fraction of sp³-hybridized carbons (Fsp3) is 0.333. The second kappa shape index (κ2) is 5.29. The van der Waals surface area contributed by atoms with Gasteiger partial charge in [-0.3, -0.25) is 0 Å². The molecule has 0 aliphatic rings. The minimum atomic E-state index is -0.701. The molecule has 0 atom stereocenters. The average Bonchev–Trinajstić information content (AvgIpc) is 2.16. The minimum Gasteiger partial charge on any atom is -0.396 e. The number of hydrogen-bond acceptors (Lipinski definition) is 3. The second-order valence-electron chi connectivity index (χ2n) is 2.62. The third-order valence-corrected chi connectivity index (χ3v) is 2.64. The Balaban J connectivity index is 2.93. The predicted octanol–water partition coefficient (Wildman–Crippen LogP) is 1.54. The van der Waals surface area contributed by atoms with Gasteiger partial charge in [-0.2, -0.15) is 0 Å². The monoisotopic (exact) mass is 220 g/mol. The quantitative estimate of drug-likeness (QED) is 0.756. The van der Waals surface area contributed by atoms with E-state index >= 15 is 0 Å². The van der Waals surface area contributed by atoms with Gasteiger partial charge in [0.05, 0.1) is 18.1 Å². The summed E-state index contributed by atoms with van der Waals surface area (Å²) < 4.78 is 26.3. The molecule has 0 heterocycles. The fourth-order valence-corrected chi connectivity index (χ4v) is 1.68. The summed E-state index contributed by atoms with van der Waals surface area (Å²) >= 11 is 0.911. The highest BCUT2D eigenvalue weighted by Gasteiger charge is 2.10. The van der Waals surface area contributed by atoms with Crippen molar-refractivity contribution in [2.24, 2.45) is 0 Å². The zero-order chi connectivity index (χ0) is 10.6. The van der Waals surface area contributed by atoms with Crippen LogP contribution in [0.3, 0.4) is 0 Å². The van der Waals surface area contributed by atoms with Crippen LogP contribution in [0.15, 0.2) is 17.0 Å². The Morgan fingerprint density at radius 3 is 2.14 bits per heavy atom. The Labute approximate surface area is 84.6 Å². The summed E-state index contributed by atoms with van der Waals surface area (Å²) in [5, 5.41) is 17.2. The largest absolute Gasteiger partial charge is 0.396 e. The van der Waals surface area contributed by atoms with Crippen molar-refractivity contribution in [3.05, 3.63) is 29.3 Å². The van der Waals surface area contributed by atoms with E-state index in [4.69, 9.17) is 10.2 Å². The van der Waals surface area contributed by atoms with Crippen molar-refractivity contribution in [1.82, 2.24) is 0 Å². The number of aliphatic hydroxyl groups excluding tert-OH is 2. The van der Waals surface area contributed by atoms with Crippen LogP contribution in [-0.4, -0.2) is 22.6 Å². The normalized spacial score (nSPS) is 10.6. The Hall–Kier alpha value is -0.650. The molecule has 0 saturated carbocycles. The van der Waals surface area contributed by atoms with E-state index in [2.05, 4.69) is 0 Å². The minimum absolute atomic E-state index is 0.115. The first-order valence-corrected chi connectivity index (χ1v) is 5.00. The van der Waals surface area contributed by atoms with Gasteiger partial charge < -0.3 is 10.2 Å². The van der Waals surface area contributed by atoms with Crippen LogP contribution in [0.5, 0.6) is 0 Å². The van der Waals surface area contributed by atoms with Gasteiger partial charge in [-0.1, -0.05) is 0 Å². The summed E-state index contributed by atoms with van der Waals surface area (Å²) in [6.07, 6.45) is 0. The summed E-state index contributed by atoms with van der Waals surface area (Å²) in [7, 11) is 0. The lowest BCUT2D eigenvalue weighted by atomic mass is 10.2. The lowest BCUT2D eigenvalue weighted by Crippen LogP contribution is -1.95. The summed E-state index contributed by atoms with van der Waals surface area (Å²) in [6, 6.07) is 2.17. The van der Waals surface area contributed by atoms with Crippen molar-refractivity contribution < 1.29 is 19.0 Å². The first-order valence-electron chi connectivity index (χ1n) is 4.01. The molecule has 78 valence electrons. The molecule has 14 heavy (non-hydrogen) atoms. The van der Waals surface area contributed by atoms with E-state index in [9.17, 15) is 8.78 Å². The molecule has 0 aromatic heterocycles. The molecular formula is C9H10F2O2S. The first kappa shape index (κ1) is 11.4. The van der Waals surface area contributed by atoms with E-state index < -0.39 is 18.2 Å². The van der Waals surface area contributed by atoms with Crippen LogP contribution in [0.1, 0.15) is 5.56 Å². The van der Waals surface area contributed by atoms with Crippen molar-refractivity contribution in [1.29, 1.82) is 0 Å². The highest BCUT2D eigenvalue weighted by atomic mass is 32.2. The molecular weight excluding hydrogens is 210 g/mol. The third kappa shape index (κ3) is 2.67. The molecule has 2 N–H and O–H groups in total. The van der Waals surface area contributed by atoms with E-state index in [1.165, 1.54) is 0 Å². The van der Waals surface area contributed by atoms with E-state index in [-0.39, 0.29) is 22.8 Å². The molecule has 0 spiro atoms. The fourth-order valence-electron chi connectivity index (χ4n) is 0.989. The maximum atomic E-state index is 13.2. The van der Waals surface area contributed by atoms with Gasteiger partial charge in [0.15, 0.2) is 0 Å². The topological polar surface area (TPSA) is 40.5 Å². The smallest absolute Gasteiger partial charge is 0.140 e. The second-order valence-corrected chi connectivity index (χ2v) is 3.72. The van der Waals surface area contributed by atoms with Gasteiger partial charge in [-0.15, -0.1) is 11.8 Å². The van der Waals surface area contributed by atoms with Gasteiger partial charge in [-0.05, 0) is 17.7 Å². The van der Waals surface area contributed by atoms with E-state index in [1.807, 2.05) is 0 Å². The maximum Gasteiger partial charge on any atom is 0.140 e. The van der Waals surface area contributed by atoms with E-state index in [1.54, 1.807) is 0 Å². The average molecular weight is 220 g/mol. The van der Waals surface area contributed by atoms with Crippen LogP contribution >= 0.6 is 11.8 Å². The van der Waals surface area contributed by atoms with Gasteiger partial charge in [0.25, 0.3) is 0 Å². The summed E-state index contributed by atoms with van der Waals surface area (Å²) in [5.41, 5.74) is 0.202. The number of thioether (sulfide) groups is 1. The van der Waals surface area contributed by atoms with Crippen molar-refractivity contribution >= 4 is 11.8 Å². The zero-order valence-corrected chi connectivity index (χ0v) is 8.15. The van der Waals surface area contributed by atoms with Crippen LogP contribution in [0.2, 0.25) is 0 Å². The molecule has 1 aromatic carbocycles. The van der Waals surface area contributed by atoms with Gasteiger partial charge in [0.1, 0.15) is 11.6 Å². The van der Waals surface area contributed by atoms with Crippen molar-refractivity contribution in [2.45, 2.75) is 11.5 Å². The number of aliphatic hydroxyl groups is 2. The molecule has 2 nitrogen and oxygen atoms in total. The van der Waals surface area contributed by atoms with Crippen LogP contribution in [0.4, 0.5) is 8.78 Å². The van der Waals surface area contributed by atoms with Gasteiger partial charge >= 0.3 is 0 Å². The van der Waals surface area contributed by atoms with E-state index in [0.717, 1.165) is 23.9 Å². The molecule has 0 aliphatic carbocycles. The Morgan fingerprint density at radius 1 is 1.14 bits per heavy atom. The molecule has 1 rings (SSSR count). The predicted molar refractivity (Wildman–Crippen MR) is 50.1 cm³/mol. The molecule has 0 unspecified atom stereocenters. The molecule has 0 amide bonds. The molecule has 0 bridgehead atoms. The molecule has 0 aliphatic heterocycles. The lowest BCUT2D eigenvalue weighted by molar-refractivity contribution is 0.280. The standard InChI is InChI=1S/C9H10F2O2S/c10-7-3-6(5-13)4-8(11)9(7)14-2-1-12/h3-4,12-13H,1-2,5H2. The van der Waals surface area contributed by atoms with Crippen molar-refractivity contribution in [3.63, 3.8) is 0 Å². The lowest BCUT2D eigenvalue weighted by Gasteiger charge is -2.05. The summed E-state index contributed by atoms with van der Waals surface area (Å²) in [4.78, 5) is -0.115. The van der Waals surface area contributed by atoms with Gasteiger partial charge in [-0.25, -0.2) is 8.78 Å². The highest BCUT2D eigenvalue weighted by Crippen LogP contribution is 2.26. The number of benzene rings is 1. The number of halogens is 2. The van der Waals surface area contributed by atoms with Crippen LogP contribution in [-0.2, 0) is 6.61 Å². The zero-order valence-electron chi connectivity index (χ0n) is 7.33. The Morgan fingerprint density at radius 2 is 1.71 bits per heavy atom. The van der Waals surface area contributed by atoms with Crippen LogP contribution in [0.25, 0.3) is 0 Å². The van der Waals surface area contributed by atoms with Crippen LogP contribution < -0.4 is 0 Å². The van der Waals surface area contributed by atoms with Gasteiger partial charge in [0, 0.05) is 5.75 Å². The molecule has 0 fully saturated rings. The first-order chi connectivity index (χ1) is 6.69.